The second kappa shape index (κ2) is 8.72. The molecule has 1 N–H and O–H groups in total. The summed E-state index contributed by atoms with van der Waals surface area (Å²) in [7, 11) is 1.29. The van der Waals surface area contributed by atoms with Crippen LogP contribution < -0.4 is 19.5 Å². The second-order valence-corrected chi connectivity index (χ2v) is 9.16. The Balaban J connectivity index is 1.24. The molecule has 1 amide bonds. The number of carbonyl (C=O) groups is 2. The summed E-state index contributed by atoms with van der Waals surface area (Å²) in [6, 6.07) is 14.2. The summed E-state index contributed by atoms with van der Waals surface area (Å²) in [6.45, 7) is 0.0324. The zero-order valence-electron chi connectivity index (χ0n) is 19.6. The molecule has 8 nitrogen and oxygen atoms in total. The van der Waals surface area contributed by atoms with Gasteiger partial charge >= 0.3 is 5.97 Å². The van der Waals surface area contributed by atoms with Crippen molar-refractivity contribution in [3.8, 4) is 17.4 Å². The molecule has 1 aromatic heterocycles. The summed E-state index contributed by atoms with van der Waals surface area (Å²) >= 11 is 0. The number of nitrogens with zero attached hydrogens (tertiary/aromatic N) is 1. The number of rotatable bonds is 5. The number of pyridine rings is 1. The minimum atomic E-state index is -3.20. The molecule has 1 aliphatic carbocycles. The molecule has 3 aromatic rings. The molecule has 37 heavy (non-hydrogen) atoms. The number of carbonyl (C=O) groups excluding carboxylic acids is 2. The van der Waals surface area contributed by atoms with E-state index in [1.165, 1.54) is 19.2 Å². The fraction of sp³-hybridized carbons (Fsp3) is 0.296. The predicted octanol–water partition coefficient (Wildman–Crippen LogP) is 4.33. The lowest BCUT2D eigenvalue weighted by Crippen LogP contribution is -2.35. The number of hydrogen-bond donors (Lipinski definition) is 1. The van der Waals surface area contributed by atoms with Crippen LogP contribution in [0.5, 0.6) is 17.4 Å². The van der Waals surface area contributed by atoms with E-state index in [2.05, 4.69) is 10.3 Å². The van der Waals surface area contributed by atoms with Gasteiger partial charge in [0.05, 0.1) is 24.6 Å². The molecule has 3 aliphatic rings. The lowest BCUT2D eigenvalue weighted by atomic mass is 9.93. The molecule has 1 fully saturated rings. The molecule has 1 saturated carbocycles. The number of hydrogen-bond acceptors (Lipinski definition) is 7. The molecule has 0 saturated heterocycles. The van der Waals surface area contributed by atoms with Crippen LogP contribution in [-0.4, -0.2) is 36.7 Å². The first kappa shape index (κ1) is 23.2. The number of aromatic nitrogens is 1. The van der Waals surface area contributed by atoms with Crippen molar-refractivity contribution in [1.82, 2.24) is 10.3 Å². The number of ether oxygens (including phenoxy) is 4. The first-order valence-corrected chi connectivity index (χ1v) is 11.7. The molecule has 0 spiro atoms. The molecule has 4 atom stereocenters. The average molecular weight is 508 g/mol. The van der Waals surface area contributed by atoms with Crippen LogP contribution in [0.3, 0.4) is 0 Å². The molecular formula is C27H22F2N2O6. The number of benzene rings is 2. The minimum Gasteiger partial charge on any atom is -0.469 e. The first-order valence-electron chi connectivity index (χ1n) is 11.7. The van der Waals surface area contributed by atoms with Gasteiger partial charge in [0.15, 0.2) is 11.5 Å². The normalized spacial score (nSPS) is 24.4. The van der Waals surface area contributed by atoms with Crippen LogP contribution >= 0.6 is 0 Å². The van der Waals surface area contributed by atoms with Crippen molar-refractivity contribution in [2.24, 2.45) is 5.92 Å². The number of fused-ring (bicyclic) bond motifs is 2. The molecule has 6 rings (SSSR count). The Hall–Kier alpha value is -4.21. The third kappa shape index (κ3) is 4.02. The molecule has 0 bridgehead atoms. The van der Waals surface area contributed by atoms with E-state index in [1.807, 2.05) is 0 Å². The maximum Gasteiger partial charge on any atom is 0.337 e. The maximum absolute atomic E-state index is 14.9. The third-order valence-electron chi connectivity index (χ3n) is 6.97. The fourth-order valence-electron chi connectivity index (χ4n) is 5.05. The summed E-state index contributed by atoms with van der Waals surface area (Å²) in [5.41, 5.74) is 1.94. The van der Waals surface area contributed by atoms with Crippen LogP contribution in [-0.2, 0) is 9.53 Å². The third-order valence-corrected chi connectivity index (χ3v) is 6.97. The van der Waals surface area contributed by atoms with Gasteiger partial charge in [-0.1, -0.05) is 24.3 Å². The Labute approximate surface area is 210 Å². The van der Waals surface area contributed by atoms with E-state index in [-0.39, 0.29) is 13.2 Å². The van der Waals surface area contributed by atoms with Crippen molar-refractivity contribution in [2.45, 2.75) is 30.4 Å². The Morgan fingerprint density at radius 2 is 1.89 bits per heavy atom. The van der Waals surface area contributed by atoms with Crippen LogP contribution in [0.4, 0.5) is 8.78 Å². The topological polar surface area (TPSA) is 96.0 Å². The molecule has 190 valence electrons. The van der Waals surface area contributed by atoms with Crippen LogP contribution in [0.15, 0.2) is 60.8 Å². The summed E-state index contributed by atoms with van der Waals surface area (Å²) < 4.78 is 51.2. The van der Waals surface area contributed by atoms with Crippen molar-refractivity contribution in [2.75, 3.05) is 13.9 Å². The van der Waals surface area contributed by atoms with E-state index in [9.17, 15) is 18.4 Å². The monoisotopic (exact) mass is 508 g/mol. The highest BCUT2D eigenvalue weighted by Gasteiger charge is 2.72. The number of alkyl halides is 2. The minimum absolute atomic E-state index is 0.0324. The van der Waals surface area contributed by atoms with E-state index in [4.69, 9.17) is 18.9 Å². The van der Waals surface area contributed by atoms with E-state index in [0.29, 0.717) is 39.6 Å². The van der Waals surface area contributed by atoms with Crippen molar-refractivity contribution in [1.29, 1.82) is 0 Å². The molecular weight excluding hydrogens is 486 g/mol. The van der Waals surface area contributed by atoms with Gasteiger partial charge < -0.3 is 24.3 Å². The van der Waals surface area contributed by atoms with Gasteiger partial charge in [-0.05, 0) is 41.5 Å². The summed E-state index contributed by atoms with van der Waals surface area (Å²) in [5.74, 6) is -6.05. The quantitative estimate of drug-likeness (QED) is 0.513. The Bertz CT molecular complexity index is 1400. The van der Waals surface area contributed by atoms with Crippen molar-refractivity contribution >= 4 is 11.9 Å². The Morgan fingerprint density at radius 3 is 2.73 bits per heavy atom. The summed E-state index contributed by atoms with van der Waals surface area (Å²) in [6.07, 6.45) is 1.25. The number of methoxy groups -OCH3 is 1. The SMILES string of the molecule is COC(=O)c1cccc([C@H]2C[C@H](NC(=O)C3C(c4ccc5c(c4)OCO5)C3(F)F)c3cccnc3O2)c1. The standard InChI is InChI=1S/C27H22F2N2O6/c1-34-26(33)16-5-2-4-14(10-16)20-12-18(17-6-3-9-30-25(17)37-20)31-24(32)23-22(27(23,28)29)15-7-8-19-21(11-15)36-13-35-19/h2-11,18,20,22-23H,12-13H2,1H3,(H,31,32)/t18-,20+,22?,23?/m0/s1. The second-order valence-electron chi connectivity index (χ2n) is 9.16. The molecule has 2 unspecified atom stereocenters. The lowest BCUT2D eigenvalue weighted by molar-refractivity contribution is -0.125. The van der Waals surface area contributed by atoms with Gasteiger partial charge in [0.2, 0.25) is 18.6 Å². The maximum atomic E-state index is 14.9. The molecule has 10 heteroatoms. The lowest BCUT2D eigenvalue weighted by Gasteiger charge is -2.32. The number of halogens is 2. The van der Waals surface area contributed by atoms with E-state index in [0.717, 1.165) is 0 Å². The van der Waals surface area contributed by atoms with Gasteiger partial charge in [0, 0.05) is 18.2 Å². The summed E-state index contributed by atoms with van der Waals surface area (Å²) in [4.78, 5) is 29.4. The van der Waals surface area contributed by atoms with Gasteiger partial charge in [0.25, 0.3) is 5.92 Å². The van der Waals surface area contributed by atoms with Gasteiger partial charge in [-0.2, -0.15) is 0 Å². The molecule has 0 radical (unpaired) electrons. The van der Waals surface area contributed by atoms with Crippen LogP contribution in [0, 0.1) is 5.92 Å². The number of nitrogens with one attached hydrogen (secondary N) is 1. The number of amides is 1. The molecule has 2 aromatic carbocycles. The van der Waals surface area contributed by atoms with E-state index < -0.39 is 41.8 Å². The predicted molar refractivity (Wildman–Crippen MR) is 125 cm³/mol. The summed E-state index contributed by atoms with van der Waals surface area (Å²) in [5, 5.41) is 2.81. The smallest absolute Gasteiger partial charge is 0.337 e. The van der Waals surface area contributed by atoms with Crippen LogP contribution in [0.25, 0.3) is 0 Å². The van der Waals surface area contributed by atoms with Crippen molar-refractivity contribution in [3.05, 3.63) is 83.0 Å². The van der Waals surface area contributed by atoms with E-state index in [1.54, 1.807) is 48.7 Å². The zero-order valence-corrected chi connectivity index (χ0v) is 19.6. The zero-order chi connectivity index (χ0) is 25.7. The Kier molecular flexibility index (Phi) is 5.47. The van der Waals surface area contributed by atoms with Gasteiger partial charge in [-0.25, -0.2) is 18.6 Å². The number of esters is 1. The van der Waals surface area contributed by atoms with E-state index >= 15 is 0 Å². The largest absolute Gasteiger partial charge is 0.469 e. The van der Waals surface area contributed by atoms with Gasteiger partial charge in [0.1, 0.15) is 12.0 Å². The van der Waals surface area contributed by atoms with Gasteiger partial charge in [-0.15, -0.1) is 0 Å². The highest BCUT2D eigenvalue weighted by Crippen LogP contribution is 2.62. The molecule has 3 heterocycles. The van der Waals surface area contributed by atoms with Crippen molar-refractivity contribution in [3.63, 3.8) is 0 Å². The van der Waals surface area contributed by atoms with Crippen molar-refractivity contribution < 1.29 is 37.3 Å². The average Bonchev–Trinajstić information content (AvgIpc) is 3.22. The molecule has 2 aliphatic heterocycles. The highest BCUT2D eigenvalue weighted by atomic mass is 19.3. The first-order chi connectivity index (χ1) is 17.9. The van der Waals surface area contributed by atoms with Gasteiger partial charge in [-0.3, -0.25) is 4.79 Å². The van der Waals surface area contributed by atoms with Crippen LogP contribution in [0.2, 0.25) is 0 Å². The highest BCUT2D eigenvalue weighted by molar-refractivity contribution is 5.89. The Morgan fingerprint density at radius 1 is 1.05 bits per heavy atom. The fourth-order valence-corrected chi connectivity index (χ4v) is 5.05. The van der Waals surface area contributed by atoms with Crippen LogP contribution in [0.1, 0.15) is 51.5 Å².